The first kappa shape index (κ1) is 13.9. The number of carbonyl (C=O) groups is 1. The molecule has 5 nitrogen and oxygen atoms in total. The van der Waals surface area contributed by atoms with E-state index < -0.39 is 0 Å². The van der Waals surface area contributed by atoms with Crippen molar-refractivity contribution < 1.29 is 9.53 Å². The van der Waals surface area contributed by atoms with Gasteiger partial charge in [-0.15, -0.1) is 0 Å². The second-order valence-corrected chi connectivity index (χ2v) is 4.20. The lowest BCUT2D eigenvalue weighted by atomic mass is 10.1. The van der Waals surface area contributed by atoms with Crippen LogP contribution in [-0.2, 0) is 11.3 Å². The third-order valence-corrected chi connectivity index (χ3v) is 2.81. The SMILES string of the molecule is CCOC(=O)c1cccc(N)c1NCc1ccncc1. The molecule has 0 aliphatic carbocycles. The Balaban J connectivity index is 2.20. The second-order valence-electron chi connectivity index (χ2n) is 4.20. The number of esters is 1. The Labute approximate surface area is 117 Å². The summed E-state index contributed by atoms with van der Waals surface area (Å²) in [6, 6.07) is 8.98. The summed E-state index contributed by atoms with van der Waals surface area (Å²) >= 11 is 0. The van der Waals surface area contributed by atoms with Crippen molar-refractivity contribution >= 4 is 17.3 Å². The number of nitrogens with one attached hydrogen (secondary N) is 1. The number of anilines is 2. The van der Waals surface area contributed by atoms with E-state index in [2.05, 4.69) is 10.3 Å². The Hall–Kier alpha value is -2.56. The highest BCUT2D eigenvalue weighted by molar-refractivity contribution is 5.98. The van der Waals surface area contributed by atoms with E-state index in [4.69, 9.17) is 10.5 Å². The Morgan fingerprint density at radius 1 is 1.30 bits per heavy atom. The summed E-state index contributed by atoms with van der Waals surface area (Å²) in [5, 5.41) is 3.18. The molecule has 3 N–H and O–H groups in total. The molecule has 1 aromatic carbocycles. The smallest absolute Gasteiger partial charge is 0.340 e. The van der Waals surface area contributed by atoms with Crippen LogP contribution in [0.2, 0.25) is 0 Å². The zero-order chi connectivity index (χ0) is 14.4. The van der Waals surface area contributed by atoms with E-state index in [1.807, 2.05) is 12.1 Å². The van der Waals surface area contributed by atoms with Crippen LogP contribution in [-0.4, -0.2) is 17.6 Å². The summed E-state index contributed by atoms with van der Waals surface area (Å²) in [4.78, 5) is 15.9. The number of rotatable bonds is 5. The molecule has 1 aromatic heterocycles. The molecule has 0 bridgehead atoms. The third-order valence-electron chi connectivity index (χ3n) is 2.81. The highest BCUT2D eigenvalue weighted by Gasteiger charge is 2.14. The van der Waals surface area contributed by atoms with Crippen LogP contribution in [0.25, 0.3) is 0 Å². The summed E-state index contributed by atoms with van der Waals surface area (Å²) in [5.41, 5.74) is 8.55. The van der Waals surface area contributed by atoms with Crippen LogP contribution in [0.4, 0.5) is 11.4 Å². The van der Waals surface area contributed by atoms with Gasteiger partial charge in [-0.2, -0.15) is 0 Å². The number of nitrogen functional groups attached to an aromatic ring is 1. The fourth-order valence-electron chi connectivity index (χ4n) is 1.84. The lowest BCUT2D eigenvalue weighted by Gasteiger charge is -2.13. The maximum absolute atomic E-state index is 11.9. The molecule has 5 heteroatoms. The molecule has 0 aliphatic heterocycles. The number of nitrogens with zero attached hydrogens (tertiary/aromatic N) is 1. The van der Waals surface area contributed by atoms with E-state index in [9.17, 15) is 4.79 Å². The predicted molar refractivity (Wildman–Crippen MR) is 78.4 cm³/mol. The first-order chi connectivity index (χ1) is 9.72. The molecule has 20 heavy (non-hydrogen) atoms. The molecular weight excluding hydrogens is 254 g/mol. The molecule has 104 valence electrons. The van der Waals surface area contributed by atoms with Gasteiger partial charge in [-0.05, 0) is 36.8 Å². The highest BCUT2D eigenvalue weighted by Crippen LogP contribution is 2.24. The maximum atomic E-state index is 11.9. The maximum Gasteiger partial charge on any atom is 0.340 e. The van der Waals surface area contributed by atoms with Gasteiger partial charge in [0.2, 0.25) is 0 Å². The fraction of sp³-hybridized carbons (Fsp3) is 0.200. The van der Waals surface area contributed by atoms with Crippen molar-refractivity contribution in [2.75, 3.05) is 17.7 Å². The number of aromatic nitrogens is 1. The molecule has 0 radical (unpaired) electrons. The van der Waals surface area contributed by atoms with Gasteiger partial charge in [0.15, 0.2) is 0 Å². The molecule has 0 aliphatic rings. The molecule has 0 saturated heterocycles. The minimum absolute atomic E-state index is 0.331. The minimum atomic E-state index is -0.378. The van der Waals surface area contributed by atoms with E-state index in [1.54, 1.807) is 37.5 Å². The standard InChI is InChI=1S/C15H17N3O2/c1-2-20-15(19)12-4-3-5-13(16)14(12)18-10-11-6-8-17-9-7-11/h3-9,18H,2,10,16H2,1H3. The molecule has 2 aromatic rings. The van der Waals surface area contributed by atoms with E-state index in [-0.39, 0.29) is 5.97 Å². The third kappa shape index (κ3) is 3.26. The Morgan fingerprint density at radius 2 is 2.05 bits per heavy atom. The lowest BCUT2D eigenvalue weighted by Crippen LogP contribution is -2.11. The van der Waals surface area contributed by atoms with Crippen molar-refractivity contribution in [3.63, 3.8) is 0 Å². The topological polar surface area (TPSA) is 77.2 Å². The first-order valence-electron chi connectivity index (χ1n) is 6.40. The fourth-order valence-corrected chi connectivity index (χ4v) is 1.84. The van der Waals surface area contributed by atoms with Gasteiger partial charge >= 0.3 is 5.97 Å². The Morgan fingerprint density at radius 3 is 2.75 bits per heavy atom. The van der Waals surface area contributed by atoms with Gasteiger partial charge in [0.05, 0.1) is 23.5 Å². The summed E-state index contributed by atoms with van der Waals surface area (Å²) in [6.45, 7) is 2.66. The average Bonchev–Trinajstić information content (AvgIpc) is 2.47. The van der Waals surface area contributed by atoms with Gasteiger partial charge in [-0.1, -0.05) is 6.07 Å². The average molecular weight is 271 g/mol. The number of hydrogen-bond acceptors (Lipinski definition) is 5. The molecule has 0 saturated carbocycles. The summed E-state index contributed by atoms with van der Waals surface area (Å²) in [6.07, 6.45) is 3.44. The van der Waals surface area contributed by atoms with Crippen LogP contribution in [0.3, 0.4) is 0 Å². The first-order valence-corrected chi connectivity index (χ1v) is 6.40. The van der Waals surface area contributed by atoms with Crippen LogP contribution < -0.4 is 11.1 Å². The molecule has 1 heterocycles. The van der Waals surface area contributed by atoms with Crippen molar-refractivity contribution in [3.05, 3.63) is 53.9 Å². The molecule has 0 amide bonds. The van der Waals surface area contributed by atoms with Crippen LogP contribution >= 0.6 is 0 Å². The quantitative estimate of drug-likeness (QED) is 0.645. The molecule has 0 atom stereocenters. The number of para-hydroxylation sites is 1. The number of hydrogen-bond donors (Lipinski definition) is 2. The van der Waals surface area contributed by atoms with Crippen molar-refractivity contribution in [2.24, 2.45) is 0 Å². The number of ether oxygens (including phenoxy) is 1. The van der Waals surface area contributed by atoms with Crippen LogP contribution in [0.1, 0.15) is 22.8 Å². The summed E-state index contributed by atoms with van der Waals surface area (Å²) in [5.74, 6) is -0.378. The number of pyridine rings is 1. The zero-order valence-corrected chi connectivity index (χ0v) is 11.3. The Bertz CT molecular complexity index is 585. The minimum Gasteiger partial charge on any atom is -0.462 e. The normalized spacial score (nSPS) is 10.1. The predicted octanol–water partition coefficient (Wildman–Crippen LogP) is 2.45. The van der Waals surface area contributed by atoms with Crippen LogP contribution in [0.5, 0.6) is 0 Å². The van der Waals surface area contributed by atoms with Crippen molar-refractivity contribution in [3.8, 4) is 0 Å². The van der Waals surface area contributed by atoms with Crippen LogP contribution in [0.15, 0.2) is 42.7 Å². The number of carbonyl (C=O) groups excluding carboxylic acids is 1. The molecule has 2 rings (SSSR count). The van der Waals surface area contributed by atoms with Gasteiger partial charge in [0.25, 0.3) is 0 Å². The van der Waals surface area contributed by atoms with Crippen molar-refractivity contribution in [2.45, 2.75) is 13.5 Å². The summed E-state index contributed by atoms with van der Waals surface area (Å²) in [7, 11) is 0. The van der Waals surface area contributed by atoms with Gasteiger partial charge < -0.3 is 15.8 Å². The zero-order valence-electron chi connectivity index (χ0n) is 11.3. The van der Waals surface area contributed by atoms with Gasteiger partial charge in [0.1, 0.15) is 0 Å². The molecule has 0 fully saturated rings. The van der Waals surface area contributed by atoms with E-state index in [0.717, 1.165) is 5.56 Å². The van der Waals surface area contributed by atoms with Gasteiger partial charge in [0, 0.05) is 18.9 Å². The monoisotopic (exact) mass is 271 g/mol. The Kier molecular flexibility index (Phi) is 4.55. The molecular formula is C15H17N3O2. The highest BCUT2D eigenvalue weighted by atomic mass is 16.5. The van der Waals surface area contributed by atoms with Crippen molar-refractivity contribution in [1.29, 1.82) is 0 Å². The largest absolute Gasteiger partial charge is 0.462 e. The molecule has 0 unspecified atom stereocenters. The van der Waals surface area contributed by atoms with Gasteiger partial charge in [-0.25, -0.2) is 4.79 Å². The number of benzene rings is 1. The molecule has 0 spiro atoms. The van der Waals surface area contributed by atoms with E-state index in [0.29, 0.717) is 30.1 Å². The summed E-state index contributed by atoms with van der Waals surface area (Å²) < 4.78 is 5.03. The van der Waals surface area contributed by atoms with Gasteiger partial charge in [-0.3, -0.25) is 4.98 Å². The van der Waals surface area contributed by atoms with E-state index >= 15 is 0 Å². The second kappa shape index (κ2) is 6.56. The van der Waals surface area contributed by atoms with Crippen molar-refractivity contribution in [1.82, 2.24) is 4.98 Å². The number of nitrogens with two attached hydrogens (primary N) is 1. The van der Waals surface area contributed by atoms with Crippen LogP contribution in [0, 0.1) is 0 Å². The van der Waals surface area contributed by atoms with E-state index in [1.165, 1.54) is 0 Å². The lowest BCUT2D eigenvalue weighted by molar-refractivity contribution is 0.0527.